The highest BCUT2D eigenvalue weighted by Crippen LogP contribution is 2.62. The van der Waals surface area contributed by atoms with E-state index in [0.717, 1.165) is 22.4 Å². The molecule has 4 aromatic rings. The summed E-state index contributed by atoms with van der Waals surface area (Å²) in [6, 6.07) is 30.2. The van der Waals surface area contributed by atoms with Gasteiger partial charge in [-0.15, -0.1) is 0 Å². The van der Waals surface area contributed by atoms with Crippen LogP contribution in [-0.2, 0) is 44.1 Å². The molecule has 4 aliphatic heterocycles. The van der Waals surface area contributed by atoms with Gasteiger partial charge in [0.15, 0.2) is 5.60 Å². The number of aryl methyl sites for hydroxylation is 1. The van der Waals surface area contributed by atoms with E-state index in [4.69, 9.17) is 4.74 Å². The molecule has 5 atom stereocenters. The molecule has 10 heteroatoms. The van der Waals surface area contributed by atoms with Crippen molar-refractivity contribution in [3.63, 3.8) is 0 Å². The number of aliphatic hydroxyl groups excluding tert-OH is 1. The van der Waals surface area contributed by atoms with E-state index >= 15 is 8.90 Å². The maximum Gasteiger partial charge on any atom is 0.268 e. The van der Waals surface area contributed by atoms with Crippen LogP contribution in [0.1, 0.15) is 42.0 Å². The number of carbonyl (C=O) groups excluding carboxylic acids is 3. The number of para-hydroxylation sites is 2. The van der Waals surface area contributed by atoms with Crippen LogP contribution in [0, 0.1) is 5.92 Å². The van der Waals surface area contributed by atoms with Crippen LogP contribution in [0.3, 0.4) is 0 Å². The molecule has 8 nitrogen and oxygen atoms in total. The largest absolute Gasteiger partial charge is 0.394 e. The maximum atomic E-state index is 16.7. The van der Waals surface area contributed by atoms with Gasteiger partial charge in [-0.3, -0.25) is 24.2 Å². The van der Waals surface area contributed by atoms with Gasteiger partial charge in [0.05, 0.1) is 36.5 Å². The Kier molecular flexibility index (Phi) is 8.24. The predicted octanol–water partition coefficient (Wildman–Crippen LogP) is 7.09. The molecule has 4 heterocycles. The van der Waals surface area contributed by atoms with Crippen LogP contribution >= 0.6 is 0 Å². The van der Waals surface area contributed by atoms with Crippen LogP contribution in [0.4, 0.5) is 26.9 Å². The Balaban J connectivity index is 1.23. The Bertz CT molecular complexity index is 2040. The molecule has 8 rings (SSSR count). The highest BCUT2D eigenvalue weighted by atomic mass is 28.4. The van der Waals surface area contributed by atoms with Gasteiger partial charge >= 0.3 is 0 Å². The molecule has 262 valence electrons. The van der Waals surface area contributed by atoms with E-state index in [9.17, 15) is 14.7 Å². The quantitative estimate of drug-likeness (QED) is 0.171. The lowest BCUT2D eigenvalue weighted by Crippen LogP contribution is -2.48. The van der Waals surface area contributed by atoms with Gasteiger partial charge in [-0.2, -0.15) is 0 Å². The average Bonchev–Trinajstić information content (AvgIpc) is 3.56. The molecule has 0 aromatic heterocycles. The number of amides is 3. The summed E-state index contributed by atoms with van der Waals surface area (Å²) in [6.45, 7) is 5.26. The Morgan fingerprint density at radius 2 is 1.55 bits per heavy atom. The van der Waals surface area contributed by atoms with Gasteiger partial charge in [0.2, 0.25) is 20.2 Å². The van der Waals surface area contributed by atoms with Crippen molar-refractivity contribution in [1.82, 2.24) is 4.90 Å². The van der Waals surface area contributed by atoms with Gasteiger partial charge in [0.1, 0.15) is 0 Å². The first-order chi connectivity index (χ1) is 24.5. The third-order valence-corrected chi connectivity index (χ3v) is 13.9. The second-order valence-corrected chi connectivity index (χ2v) is 18.6. The van der Waals surface area contributed by atoms with Gasteiger partial charge in [-0.25, -0.2) is 0 Å². The fourth-order valence-corrected chi connectivity index (χ4v) is 11.7. The Morgan fingerprint density at radius 3 is 2.27 bits per heavy atom. The topological polar surface area (TPSA) is 90.4 Å². The normalized spacial score (nSPS) is 25.6. The number of nitrogens with zero attached hydrogens (tertiary/aromatic N) is 3. The van der Waals surface area contributed by atoms with Gasteiger partial charge < -0.3 is 18.9 Å². The molecule has 0 saturated carbocycles. The Morgan fingerprint density at radius 1 is 0.863 bits per heavy atom. The second kappa shape index (κ2) is 12.5. The van der Waals surface area contributed by atoms with Crippen molar-refractivity contribution in [3.8, 4) is 0 Å². The van der Waals surface area contributed by atoms with Crippen LogP contribution in [-0.4, -0.2) is 54.9 Å². The molecule has 4 aliphatic rings. The molecule has 0 aliphatic carbocycles. The molecule has 51 heavy (non-hydrogen) atoms. The lowest BCUT2D eigenvalue weighted by Gasteiger charge is -2.37. The average molecular weight is 704 g/mol. The number of fused-ring (bicyclic) bond motifs is 4. The van der Waals surface area contributed by atoms with Crippen LogP contribution in [0.2, 0.25) is 18.6 Å². The summed E-state index contributed by atoms with van der Waals surface area (Å²) in [5.74, 6) is -1.25. The zero-order chi connectivity index (χ0) is 35.7. The number of carbonyl (C=O) groups is 3. The Hall–Kier alpha value is -4.64. The number of aliphatic hydroxyl groups is 1. The SMILES string of the molecule is C[C@@H]1[C@@H]([Si](C)(C)F)[C@H](CC(=O)N2Cc3ccccc3C[C@H]2CO)O[C@@]12C(=O)N(c1ccccc1)c1ccc(N3C(=O)CCc4ccccc43)cc12. The monoisotopic (exact) mass is 703 g/mol. The van der Waals surface area contributed by atoms with E-state index < -0.39 is 37.6 Å². The third-order valence-electron chi connectivity index (χ3n) is 11.5. The van der Waals surface area contributed by atoms with Crippen LogP contribution in [0.5, 0.6) is 0 Å². The summed E-state index contributed by atoms with van der Waals surface area (Å²) in [4.78, 5) is 47.9. The highest BCUT2D eigenvalue weighted by molar-refractivity contribution is 6.72. The minimum absolute atomic E-state index is 0.0486. The molecule has 4 aromatic carbocycles. The maximum absolute atomic E-state index is 16.7. The lowest BCUT2D eigenvalue weighted by atomic mass is 9.82. The number of ether oxygens (including phenoxy) is 1. The van der Waals surface area contributed by atoms with Crippen LogP contribution in [0.25, 0.3) is 0 Å². The summed E-state index contributed by atoms with van der Waals surface area (Å²) in [7, 11) is -3.58. The number of benzene rings is 4. The first kappa shape index (κ1) is 33.5. The van der Waals surface area contributed by atoms with Crippen molar-refractivity contribution >= 4 is 48.9 Å². The van der Waals surface area contributed by atoms with E-state index in [-0.39, 0.29) is 30.7 Å². The third kappa shape index (κ3) is 5.34. The van der Waals surface area contributed by atoms with E-state index in [1.165, 1.54) is 0 Å². The molecule has 3 amide bonds. The summed E-state index contributed by atoms with van der Waals surface area (Å²) < 4.78 is 23.7. The molecule has 1 spiro atoms. The van der Waals surface area contributed by atoms with Crippen molar-refractivity contribution in [2.24, 2.45) is 5.92 Å². The van der Waals surface area contributed by atoms with E-state index in [2.05, 4.69) is 0 Å². The van der Waals surface area contributed by atoms with Gasteiger partial charge in [-0.1, -0.05) is 67.6 Å². The van der Waals surface area contributed by atoms with Crippen LogP contribution in [0.15, 0.2) is 97.1 Å². The van der Waals surface area contributed by atoms with Crippen molar-refractivity contribution in [2.75, 3.05) is 16.4 Å². The van der Waals surface area contributed by atoms with E-state index in [1.807, 2.05) is 104 Å². The predicted molar refractivity (Wildman–Crippen MR) is 196 cm³/mol. The summed E-state index contributed by atoms with van der Waals surface area (Å²) >= 11 is 0. The minimum atomic E-state index is -3.58. The minimum Gasteiger partial charge on any atom is -0.394 e. The van der Waals surface area contributed by atoms with Crippen molar-refractivity contribution < 1.29 is 28.3 Å². The highest BCUT2D eigenvalue weighted by Gasteiger charge is 2.67. The van der Waals surface area contributed by atoms with Crippen molar-refractivity contribution in [2.45, 2.75) is 75.5 Å². The number of anilines is 4. The molecule has 1 N–H and O–H groups in total. The molecule has 0 bridgehead atoms. The first-order valence-electron chi connectivity index (χ1n) is 17.8. The molecule has 1 saturated heterocycles. The van der Waals surface area contributed by atoms with Gasteiger partial charge in [0, 0.05) is 41.4 Å². The molecule has 0 unspecified atom stereocenters. The smallest absolute Gasteiger partial charge is 0.268 e. The lowest BCUT2D eigenvalue weighted by molar-refractivity contribution is -0.150. The van der Waals surface area contributed by atoms with E-state index in [1.54, 1.807) is 27.8 Å². The fourth-order valence-electron chi connectivity index (χ4n) is 9.18. The summed E-state index contributed by atoms with van der Waals surface area (Å²) in [5.41, 5.74) is 4.11. The molecular formula is C41H42FN3O5Si. The van der Waals surface area contributed by atoms with Crippen molar-refractivity contribution in [3.05, 3.63) is 119 Å². The first-order valence-corrected chi connectivity index (χ1v) is 20.8. The molecular weight excluding hydrogens is 662 g/mol. The summed E-state index contributed by atoms with van der Waals surface area (Å²) in [6.07, 6.45) is 0.514. The van der Waals surface area contributed by atoms with Gasteiger partial charge in [-0.05, 0) is 79.0 Å². The standard InChI is InChI=1S/C41H42FN3O5Si/c1-26-39(51(2,3)42)36(23-38(48)43-24-29-13-8-7-12-28(29)21-32(43)25-46)50-41(26)33-22-31(44-34-16-10-9-11-27(34)17-20-37(44)47)18-19-35(33)45(40(41)49)30-14-5-4-6-15-30/h4-16,18-19,22,26,32,36,39,46H,17,20-21,23-25H2,1-3H3/t26-,32+,36+,39-,41+/m1/s1. The number of hydrogen-bond donors (Lipinski definition) is 1. The zero-order valence-corrected chi connectivity index (χ0v) is 30.1. The summed E-state index contributed by atoms with van der Waals surface area (Å²) in [5, 5.41) is 10.3. The molecule has 0 radical (unpaired) electrons. The number of rotatable bonds is 6. The number of halogens is 1. The van der Waals surface area contributed by atoms with Crippen molar-refractivity contribution in [1.29, 1.82) is 0 Å². The fraction of sp³-hybridized carbons (Fsp3) is 0.341. The number of hydrogen-bond acceptors (Lipinski definition) is 5. The second-order valence-electron chi connectivity index (χ2n) is 14.8. The van der Waals surface area contributed by atoms with Gasteiger partial charge in [0.25, 0.3) is 5.91 Å². The Labute approximate surface area is 298 Å². The van der Waals surface area contributed by atoms with E-state index in [0.29, 0.717) is 48.4 Å². The zero-order valence-electron chi connectivity index (χ0n) is 29.1. The van der Waals surface area contributed by atoms with Crippen LogP contribution < -0.4 is 9.80 Å². The molecule has 1 fully saturated rings.